The molecule has 1 aromatic carbocycles. The highest BCUT2D eigenvalue weighted by molar-refractivity contribution is 5.29. The SMILES string of the molecule is CCc1ccccc1C(O)C(O)CN=[N+]=[N-]. The lowest BCUT2D eigenvalue weighted by atomic mass is 9.97. The lowest BCUT2D eigenvalue weighted by Gasteiger charge is -2.18. The molecule has 0 aliphatic carbocycles. The highest BCUT2D eigenvalue weighted by Gasteiger charge is 2.19. The van der Waals surface area contributed by atoms with Crippen LogP contribution in [0.25, 0.3) is 10.4 Å². The number of hydrogen-bond donors (Lipinski definition) is 2. The molecule has 16 heavy (non-hydrogen) atoms. The summed E-state index contributed by atoms with van der Waals surface area (Å²) in [6.45, 7) is 1.85. The summed E-state index contributed by atoms with van der Waals surface area (Å²) >= 11 is 0. The van der Waals surface area contributed by atoms with Crippen molar-refractivity contribution in [3.05, 3.63) is 45.8 Å². The number of rotatable bonds is 5. The van der Waals surface area contributed by atoms with Gasteiger partial charge in [0.15, 0.2) is 0 Å². The van der Waals surface area contributed by atoms with Gasteiger partial charge in [-0.05, 0) is 23.1 Å². The second kappa shape index (κ2) is 6.12. The third-order valence-electron chi connectivity index (χ3n) is 2.45. The van der Waals surface area contributed by atoms with E-state index in [1.54, 1.807) is 12.1 Å². The number of aliphatic hydroxyl groups is 2. The third-order valence-corrected chi connectivity index (χ3v) is 2.45. The minimum absolute atomic E-state index is 0.129. The maximum absolute atomic E-state index is 9.89. The first-order valence-electron chi connectivity index (χ1n) is 5.15. The van der Waals surface area contributed by atoms with Crippen molar-refractivity contribution in [2.75, 3.05) is 6.54 Å². The molecular formula is C11H15N3O2. The van der Waals surface area contributed by atoms with Gasteiger partial charge in [-0.2, -0.15) is 0 Å². The Morgan fingerprint density at radius 2 is 2.06 bits per heavy atom. The maximum atomic E-state index is 9.89. The van der Waals surface area contributed by atoms with Gasteiger partial charge in [-0.15, -0.1) is 0 Å². The first-order valence-corrected chi connectivity index (χ1v) is 5.15. The van der Waals surface area contributed by atoms with Crippen LogP contribution in [0, 0.1) is 0 Å². The quantitative estimate of drug-likeness (QED) is 0.452. The average Bonchev–Trinajstić information content (AvgIpc) is 2.34. The number of nitrogens with zero attached hydrogens (tertiary/aromatic N) is 3. The van der Waals surface area contributed by atoms with Gasteiger partial charge in [0, 0.05) is 4.91 Å². The van der Waals surface area contributed by atoms with Crippen LogP contribution in [0.1, 0.15) is 24.2 Å². The van der Waals surface area contributed by atoms with Gasteiger partial charge in [0.2, 0.25) is 0 Å². The molecule has 1 rings (SSSR count). The van der Waals surface area contributed by atoms with E-state index >= 15 is 0 Å². The van der Waals surface area contributed by atoms with Crippen molar-refractivity contribution in [1.29, 1.82) is 0 Å². The summed E-state index contributed by atoms with van der Waals surface area (Å²) in [5.74, 6) is 0. The number of azide groups is 1. The van der Waals surface area contributed by atoms with E-state index in [4.69, 9.17) is 5.53 Å². The molecule has 0 bridgehead atoms. The average molecular weight is 221 g/mol. The molecule has 0 amide bonds. The summed E-state index contributed by atoms with van der Waals surface area (Å²) in [5, 5.41) is 22.7. The Morgan fingerprint density at radius 3 is 2.69 bits per heavy atom. The summed E-state index contributed by atoms with van der Waals surface area (Å²) in [6, 6.07) is 7.36. The normalized spacial score (nSPS) is 13.9. The molecule has 1 aromatic rings. The topological polar surface area (TPSA) is 89.2 Å². The minimum Gasteiger partial charge on any atom is -0.390 e. The monoisotopic (exact) mass is 221 g/mol. The van der Waals surface area contributed by atoms with Crippen LogP contribution in [0.2, 0.25) is 0 Å². The molecule has 0 radical (unpaired) electrons. The van der Waals surface area contributed by atoms with E-state index < -0.39 is 12.2 Å². The van der Waals surface area contributed by atoms with Gasteiger partial charge in [0.1, 0.15) is 6.10 Å². The molecule has 2 atom stereocenters. The van der Waals surface area contributed by atoms with Crippen molar-refractivity contribution in [2.45, 2.75) is 25.6 Å². The maximum Gasteiger partial charge on any atom is 0.105 e. The molecule has 5 heteroatoms. The number of aryl methyl sites for hydroxylation is 1. The second-order valence-electron chi connectivity index (χ2n) is 3.48. The van der Waals surface area contributed by atoms with Crippen molar-refractivity contribution in [1.82, 2.24) is 0 Å². The molecule has 0 aliphatic heterocycles. The van der Waals surface area contributed by atoms with Gasteiger partial charge in [-0.3, -0.25) is 0 Å². The molecule has 0 fully saturated rings. The standard InChI is InChI=1S/C11H15N3O2/c1-2-8-5-3-4-6-9(8)11(16)10(15)7-13-14-12/h3-6,10-11,15-16H,2,7H2,1H3. The summed E-state index contributed by atoms with van der Waals surface area (Å²) in [6.07, 6.45) is -1.30. The fourth-order valence-corrected chi connectivity index (χ4v) is 1.57. The Morgan fingerprint density at radius 1 is 1.38 bits per heavy atom. The highest BCUT2D eigenvalue weighted by atomic mass is 16.3. The van der Waals surface area contributed by atoms with Gasteiger partial charge in [0.25, 0.3) is 0 Å². The molecule has 0 heterocycles. The highest BCUT2D eigenvalue weighted by Crippen LogP contribution is 2.21. The van der Waals surface area contributed by atoms with Gasteiger partial charge >= 0.3 is 0 Å². The smallest absolute Gasteiger partial charge is 0.105 e. The molecule has 0 spiro atoms. The third kappa shape index (κ3) is 2.97. The van der Waals surface area contributed by atoms with Crippen LogP contribution in [0.3, 0.4) is 0 Å². The summed E-state index contributed by atoms with van der Waals surface area (Å²) < 4.78 is 0. The number of hydrogen-bond acceptors (Lipinski definition) is 3. The minimum atomic E-state index is -1.07. The van der Waals surface area contributed by atoms with E-state index in [0.717, 1.165) is 12.0 Å². The van der Waals surface area contributed by atoms with Crippen LogP contribution < -0.4 is 0 Å². The van der Waals surface area contributed by atoms with Crippen molar-refractivity contribution in [2.24, 2.45) is 5.11 Å². The van der Waals surface area contributed by atoms with Gasteiger partial charge in [-0.25, -0.2) is 0 Å². The summed E-state index contributed by atoms with van der Waals surface area (Å²) in [7, 11) is 0. The molecule has 0 saturated carbocycles. The van der Waals surface area contributed by atoms with Crippen LogP contribution in [-0.4, -0.2) is 22.9 Å². The van der Waals surface area contributed by atoms with Crippen molar-refractivity contribution in [3.8, 4) is 0 Å². The van der Waals surface area contributed by atoms with E-state index in [9.17, 15) is 10.2 Å². The van der Waals surface area contributed by atoms with Crippen LogP contribution >= 0.6 is 0 Å². The van der Waals surface area contributed by atoms with Gasteiger partial charge < -0.3 is 10.2 Å². The van der Waals surface area contributed by atoms with Crippen LogP contribution in [0.15, 0.2) is 29.4 Å². The van der Waals surface area contributed by atoms with Crippen LogP contribution in [0.5, 0.6) is 0 Å². The fourth-order valence-electron chi connectivity index (χ4n) is 1.57. The van der Waals surface area contributed by atoms with E-state index in [2.05, 4.69) is 10.0 Å². The zero-order valence-corrected chi connectivity index (χ0v) is 9.11. The van der Waals surface area contributed by atoms with E-state index in [1.165, 1.54) is 0 Å². The first-order chi connectivity index (χ1) is 7.70. The fraction of sp³-hybridized carbons (Fsp3) is 0.455. The molecule has 5 nitrogen and oxygen atoms in total. The first kappa shape index (κ1) is 12.5. The zero-order chi connectivity index (χ0) is 12.0. The molecule has 0 aliphatic rings. The number of aliphatic hydroxyl groups excluding tert-OH is 2. The Bertz CT molecular complexity index is 389. The Labute approximate surface area is 94.0 Å². The number of benzene rings is 1. The zero-order valence-electron chi connectivity index (χ0n) is 9.11. The van der Waals surface area contributed by atoms with E-state index in [1.807, 2.05) is 19.1 Å². The van der Waals surface area contributed by atoms with Crippen LogP contribution in [-0.2, 0) is 6.42 Å². The largest absolute Gasteiger partial charge is 0.390 e. The molecule has 2 N–H and O–H groups in total. The van der Waals surface area contributed by atoms with Crippen molar-refractivity contribution in [3.63, 3.8) is 0 Å². The second-order valence-corrected chi connectivity index (χ2v) is 3.48. The molecular weight excluding hydrogens is 206 g/mol. The van der Waals surface area contributed by atoms with Crippen LogP contribution in [0.4, 0.5) is 0 Å². The lowest BCUT2D eigenvalue weighted by molar-refractivity contribution is 0.0239. The molecule has 0 saturated heterocycles. The predicted molar refractivity (Wildman–Crippen MR) is 60.8 cm³/mol. The van der Waals surface area contributed by atoms with Gasteiger partial charge in [-0.1, -0.05) is 36.3 Å². The predicted octanol–water partition coefficient (Wildman–Crippen LogP) is 1.95. The Hall–Kier alpha value is -1.55. The van der Waals surface area contributed by atoms with Gasteiger partial charge in [0.05, 0.1) is 12.6 Å². The van der Waals surface area contributed by atoms with E-state index in [-0.39, 0.29) is 6.54 Å². The lowest BCUT2D eigenvalue weighted by Crippen LogP contribution is -2.22. The molecule has 2 unspecified atom stereocenters. The summed E-state index contributed by atoms with van der Waals surface area (Å²) in [4.78, 5) is 2.55. The summed E-state index contributed by atoms with van der Waals surface area (Å²) in [5.41, 5.74) is 9.80. The van der Waals surface area contributed by atoms with E-state index in [0.29, 0.717) is 5.56 Å². The molecule has 0 aromatic heterocycles. The van der Waals surface area contributed by atoms with Crippen molar-refractivity contribution >= 4 is 0 Å². The molecule has 86 valence electrons. The van der Waals surface area contributed by atoms with Crippen molar-refractivity contribution < 1.29 is 10.2 Å². The Balaban J connectivity index is 2.86. The Kier molecular flexibility index (Phi) is 4.79.